The first-order valence-electron chi connectivity index (χ1n) is 10.7. The molecule has 0 saturated carbocycles. The van der Waals surface area contributed by atoms with Crippen LogP contribution in [-0.4, -0.2) is 39.6 Å². The summed E-state index contributed by atoms with van der Waals surface area (Å²) in [6, 6.07) is 16.2. The van der Waals surface area contributed by atoms with Crippen molar-refractivity contribution in [2.75, 3.05) is 13.1 Å². The second-order valence-electron chi connectivity index (χ2n) is 8.41. The standard InChI is InChI=1S/C25H26N2O3/c1-2-24(29)27-11-9-25(10-12-27)15-22(28)20-14-17(7-8-23(20)30-25)19-13-18-5-3-4-6-21(18)26-16-19/h3-8,13-14,16,22,28H,2,9-12,15H2,1H3. The summed E-state index contributed by atoms with van der Waals surface area (Å²) < 4.78 is 6.44. The van der Waals surface area contributed by atoms with Gasteiger partial charge in [-0.25, -0.2) is 0 Å². The minimum absolute atomic E-state index is 0.190. The highest BCUT2D eigenvalue weighted by atomic mass is 16.5. The molecule has 2 aliphatic rings. The summed E-state index contributed by atoms with van der Waals surface area (Å²) in [4.78, 5) is 18.5. The maximum absolute atomic E-state index is 12.0. The Kier molecular flexibility index (Phi) is 4.70. The number of amides is 1. The van der Waals surface area contributed by atoms with Gasteiger partial charge in [0.05, 0.1) is 11.6 Å². The topological polar surface area (TPSA) is 62.7 Å². The Morgan fingerprint density at radius 1 is 1.17 bits per heavy atom. The number of nitrogens with zero attached hydrogens (tertiary/aromatic N) is 2. The number of aliphatic hydroxyl groups is 1. The second-order valence-corrected chi connectivity index (χ2v) is 8.41. The van der Waals surface area contributed by atoms with Gasteiger partial charge in [0.15, 0.2) is 0 Å². The van der Waals surface area contributed by atoms with Crippen LogP contribution >= 0.6 is 0 Å². The molecular weight excluding hydrogens is 376 g/mol. The lowest BCUT2D eigenvalue weighted by Crippen LogP contribution is -2.51. The average molecular weight is 402 g/mol. The number of benzene rings is 2. The van der Waals surface area contributed by atoms with Gasteiger partial charge in [-0.15, -0.1) is 0 Å². The highest BCUT2D eigenvalue weighted by Crippen LogP contribution is 2.45. The van der Waals surface area contributed by atoms with Crippen LogP contribution in [0.25, 0.3) is 22.0 Å². The number of aliphatic hydroxyl groups excluding tert-OH is 1. The molecule has 1 spiro atoms. The van der Waals surface area contributed by atoms with Crippen LogP contribution in [0.2, 0.25) is 0 Å². The summed E-state index contributed by atoms with van der Waals surface area (Å²) in [5, 5.41) is 12.1. The fourth-order valence-electron chi connectivity index (χ4n) is 4.74. The van der Waals surface area contributed by atoms with E-state index in [0.717, 1.165) is 46.2 Å². The van der Waals surface area contributed by atoms with Crippen LogP contribution in [0.15, 0.2) is 54.7 Å². The Bertz CT molecular complexity index is 1100. The van der Waals surface area contributed by atoms with Crippen LogP contribution < -0.4 is 4.74 Å². The summed E-state index contributed by atoms with van der Waals surface area (Å²) in [6.07, 6.45) is 3.91. The molecule has 3 heterocycles. The Labute approximate surface area is 176 Å². The van der Waals surface area contributed by atoms with Crippen LogP contribution in [0, 0.1) is 0 Å². The van der Waals surface area contributed by atoms with Crippen LogP contribution in [0.1, 0.15) is 44.3 Å². The molecule has 1 unspecified atom stereocenters. The summed E-state index contributed by atoms with van der Waals surface area (Å²) >= 11 is 0. The number of aromatic nitrogens is 1. The van der Waals surface area contributed by atoms with Gasteiger partial charge in [-0.1, -0.05) is 31.2 Å². The fourth-order valence-corrected chi connectivity index (χ4v) is 4.74. The number of ether oxygens (including phenoxy) is 1. The molecule has 0 radical (unpaired) electrons. The Morgan fingerprint density at radius 3 is 2.77 bits per heavy atom. The van der Waals surface area contributed by atoms with Gasteiger partial charge in [0, 0.05) is 61.5 Å². The minimum atomic E-state index is -0.574. The number of rotatable bonds is 2. The van der Waals surface area contributed by atoms with Crippen molar-refractivity contribution in [2.45, 2.75) is 44.3 Å². The minimum Gasteiger partial charge on any atom is -0.487 e. The lowest BCUT2D eigenvalue weighted by molar-refractivity contribution is -0.135. The maximum atomic E-state index is 12.0. The van der Waals surface area contributed by atoms with E-state index < -0.39 is 6.10 Å². The van der Waals surface area contributed by atoms with E-state index in [-0.39, 0.29) is 11.5 Å². The van der Waals surface area contributed by atoms with Crippen molar-refractivity contribution < 1.29 is 14.6 Å². The number of hydrogen-bond acceptors (Lipinski definition) is 4. The predicted octanol–water partition coefficient (Wildman–Crippen LogP) is 4.49. The highest BCUT2D eigenvalue weighted by molar-refractivity contribution is 5.83. The van der Waals surface area contributed by atoms with Gasteiger partial charge >= 0.3 is 0 Å². The second kappa shape index (κ2) is 7.40. The Balaban J connectivity index is 1.40. The maximum Gasteiger partial charge on any atom is 0.222 e. The molecule has 30 heavy (non-hydrogen) atoms. The monoisotopic (exact) mass is 402 g/mol. The van der Waals surface area contributed by atoms with E-state index in [9.17, 15) is 9.90 Å². The number of piperidine rings is 1. The largest absolute Gasteiger partial charge is 0.487 e. The number of likely N-dealkylation sites (tertiary alicyclic amines) is 1. The van der Waals surface area contributed by atoms with Gasteiger partial charge < -0.3 is 14.7 Å². The van der Waals surface area contributed by atoms with E-state index in [4.69, 9.17) is 4.74 Å². The molecule has 1 aromatic heterocycles. The summed E-state index contributed by atoms with van der Waals surface area (Å²) in [7, 11) is 0. The molecule has 5 rings (SSSR count). The summed E-state index contributed by atoms with van der Waals surface area (Å²) in [5.41, 5.74) is 3.46. The molecule has 1 saturated heterocycles. The number of carbonyl (C=O) groups is 1. The fraction of sp³-hybridized carbons (Fsp3) is 0.360. The Hall–Kier alpha value is -2.92. The van der Waals surface area contributed by atoms with E-state index >= 15 is 0 Å². The molecule has 154 valence electrons. The first kappa shape index (κ1) is 19.1. The molecule has 1 fully saturated rings. The predicted molar refractivity (Wildman–Crippen MR) is 116 cm³/mol. The van der Waals surface area contributed by atoms with Crippen molar-refractivity contribution in [3.05, 3.63) is 60.3 Å². The van der Waals surface area contributed by atoms with E-state index in [1.165, 1.54) is 0 Å². The molecule has 0 aliphatic carbocycles. The van der Waals surface area contributed by atoms with Crippen molar-refractivity contribution in [1.29, 1.82) is 0 Å². The summed E-state index contributed by atoms with van der Waals surface area (Å²) in [5.74, 6) is 0.941. The van der Waals surface area contributed by atoms with Crippen LogP contribution in [0.5, 0.6) is 5.75 Å². The zero-order chi connectivity index (χ0) is 20.7. The molecule has 5 heteroatoms. The zero-order valence-corrected chi connectivity index (χ0v) is 17.2. The number of para-hydroxylation sites is 1. The summed E-state index contributed by atoms with van der Waals surface area (Å²) in [6.45, 7) is 3.28. The van der Waals surface area contributed by atoms with Crippen molar-refractivity contribution in [1.82, 2.24) is 9.88 Å². The lowest BCUT2D eigenvalue weighted by Gasteiger charge is -2.46. The smallest absolute Gasteiger partial charge is 0.222 e. The number of carbonyl (C=O) groups excluding carboxylic acids is 1. The third-order valence-corrected chi connectivity index (χ3v) is 6.51. The van der Waals surface area contributed by atoms with E-state index in [0.29, 0.717) is 25.9 Å². The van der Waals surface area contributed by atoms with Gasteiger partial charge in [-0.2, -0.15) is 0 Å². The Morgan fingerprint density at radius 2 is 1.97 bits per heavy atom. The van der Waals surface area contributed by atoms with Gasteiger partial charge in [0.2, 0.25) is 5.91 Å². The molecule has 3 aromatic rings. The van der Waals surface area contributed by atoms with Crippen molar-refractivity contribution in [3.8, 4) is 16.9 Å². The first-order chi connectivity index (χ1) is 14.6. The van der Waals surface area contributed by atoms with Crippen LogP contribution in [0.4, 0.5) is 0 Å². The number of hydrogen-bond donors (Lipinski definition) is 1. The molecule has 0 bridgehead atoms. The van der Waals surface area contributed by atoms with E-state index in [1.54, 1.807) is 0 Å². The molecule has 1 amide bonds. The van der Waals surface area contributed by atoms with Crippen molar-refractivity contribution >= 4 is 16.8 Å². The quantitative estimate of drug-likeness (QED) is 0.686. The van der Waals surface area contributed by atoms with Gasteiger partial charge in [-0.05, 0) is 29.8 Å². The van der Waals surface area contributed by atoms with Crippen molar-refractivity contribution in [3.63, 3.8) is 0 Å². The average Bonchev–Trinajstić information content (AvgIpc) is 2.78. The third-order valence-electron chi connectivity index (χ3n) is 6.51. The molecule has 2 aliphatic heterocycles. The van der Waals surface area contributed by atoms with E-state index in [2.05, 4.69) is 17.1 Å². The van der Waals surface area contributed by atoms with Gasteiger partial charge in [-0.3, -0.25) is 9.78 Å². The van der Waals surface area contributed by atoms with Gasteiger partial charge in [0.1, 0.15) is 11.4 Å². The van der Waals surface area contributed by atoms with Crippen LogP contribution in [0.3, 0.4) is 0 Å². The SMILES string of the molecule is CCC(=O)N1CCC2(CC1)CC(O)c1cc(-c3cnc4ccccc4c3)ccc1O2. The first-order valence-corrected chi connectivity index (χ1v) is 10.7. The molecular formula is C25H26N2O3. The van der Waals surface area contributed by atoms with Crippen LogP contribution in [-0.2, 0) is 4.79 Å². The molecule has 5 nitrogen and oxygen atoms in total. The highest BCUT2D eigenvalue weighted by Gasteiger charge is 2.43. The normalized spacial score (nSPS) is 20.1. The number of fused-ring (bicyclic) bond motifs is 2. The molecule has 1 N–H and O–H groups in total. The third kappa shape index (κ3) is 3.33. The van der Waals surface area contributed by atoms with E-state index in [1.807, 2.05) is 54.4 Å². The van der Waals surface area contributed by atoms with Gasteiger partial charge in [0.25, 0.3) is 0 Å². The number of pyridine rings is 1. The molecule has 2 aromatic carbocycles. The lowest BCUT2D eigenvalue weighted by atomic mass is 9.81. The molecule has 1 atom stereocenters. The van der Waals surface area contributed by atoms with Crippen molar-refractivity contribution in [2.24, 2.45) is 0 Å². The zero-order valence-electron chi connectivity index (χ0n) is 17.2.